The normalized spacial score (nSPS) is 14.6. The second kappa shape index (κ2) is 6.24. The van der Waals surface area contributed by atoms with Crippen LogP contribution in [-0.4, -0.2) is 31.4 Å². The van der Waals surface area contributed by atoms with Crippen molar-refractivity contribution in [2.24, 2.45) is 5.41 Å². The molecule has 1 aromatic carbocycles. The molecule has 0 aliphatic heterocycles. The smallest absolute Gasteiger partial charge is 0.242 e. The zero-order chi connectivity index (χ0) is 15.6. The predicted octanol–water partition coefficient (Wildman–Crippen LogP) is 2.80. The number of aliphatic hydroxyl groups excluding tert-OH is 1. The molecule has 5 heteroatoms. The van der Waals surface area contributed by atoms with Crippen LogP contribution in [0.15, 0.2) is 29.2 Å². The molecule has 0 amide bonds. The van der Waals surface area contributed by atoms with E-state index in [0.29, 0.717) is 18.5 Å². The zero-order valence-corrected chi connectivity index (χ0v) is 13.7. The van der Waals surface area contributed by atoms with Gasteiger partial charge in [-0.25, -0.2) is 12.7 Å². The maximum Gasteiger partial charge on any atom is 0.242 e. The van der Waals surface area contributed by atoms with Crippen LogP contribution in [0.5, 0.6) is 0 Å². The molecular weight excluding hydrogens is 274 g/mol. The SMILES string of the molecule is CCC(O)c1cccc(S(=O)(=O)N(C)CC(C)(C)C)c1. The lowest BCUT2D eigenvalue weighted by atomic mass is 9.97. The average Bonchev–Trinajstić information content (AvgIpc) is 2.36. The summed E-state index contributed by atoms with van der Waals surface area (Å²) in [5.74, 6) is 0. The van der Waals surface area contributed by atoms with Crippen LogP contribution in [0.4, 0.5) is 0 Å². The van der Waals surface area contributed by atoms with E-state index >= 15 is 0 Å². The predicted molar refractivity (Wildman–Crippen MR) is 81.0 cm³/mol. The first-order chi connectivity index (χ1) is 9.08. The number of aliphatic hydroxyl groups is 1. The summed E-state index contributed by atoms with van der Waals surface area (Å²) in [6, 6.07) is 6.55. The van der Waals surface area contributed by atoms with E-state index in [1.165, 1.54) is 4.31 Å². The number of hydrogen-bond donors (Lipinski definition) is 1. The van der Waals surface area contributed by atoms with E-state index in [1.807, 2.05) is 27.7 Å². The van der Waals surface area contributed by atoms with E-state index in [1.54, 1.807) is 31.3 Å². The summed E-state index contributed by atoms with van der Waals surface area (Å²) in [4.78, 5) is 0.231. The Morgan fingerprint density at radius 1 is 1.30 bits per heavy atom. The summed E-state index contributed by atoms with van der Waals surface area (Å²) >= 11 is 0. The first-order valence-electron chi connectivity index (χ1n) is 6.82. The van der Waals surface area contributed by atoms with Crippen molar-refractivity contribution in [3.63, 3.8) is 0 Å². The molecule has 0 aliphatic carbocycles. The van der Waals surface area contributed by atoms with E-state index in [4.69, 9.17) is 0 Å². The molecule has 1 unspecified atom stereocenters. The van der Waals surface area contributed by atoms with Gasteiger partial charge in [0.25, 0.3) is 0 Å². The summed E-state index contributed by atoms with van der Waals surface area (Å²) in [6.07, 6.45) is -0.0699. The molecule has 1 rings (SSSR count). The summed E-state index contributed by atoms with van der Waals surface area (Å²) in [7, 11) is -1.93. The highest BCUT2D eigenvalue weighted by molar-refractivity contribution is 7.89. The topological polar surface area (TPSA) is 57.6 Å². The van der Waals surface area contributed by atoms with Crippen LogP contribution in [0.3, 0.4) is 0 Å². The Morgan fingerprint density at radius 2 is 1.90 bits per heavy atom. The third-order valence-corrected chi connectivity index (χ3v) is 4.83. The van der Waals surface area contributed by atoms with Gasteiger partial charge >= 0.3 is 0 Å². The Kier molecular flexibility index (Phi) is 5.35. The van der Waals surface area contributed by atoms with Gasteiger partial charge in [-0.1, -0.05) is 39.8 Å². The lowest BCUT2D eigenvalue weighted by Crippen LogP contribution is -2.34. The average molecular weight is 299 g/mol. The van der Waals surface area contributed by atoms with Gasteiger partial charge in [-0.15, -0.1) is 0 Å². The molecule has 4 nitrogen and oxygen atoms in total. The molecule has 1 N–H and O–H groups in total. The molecule has 114 valence electrons. The van der Waals surface area contributed by atoms with E-state index in [-0.39, 0.29) is 10.3 Å². The highest BCUT2D eigenvalue weighted by atomic mass is 32.2. The number of hydrogen-bond acceptors (Lipinski definition) is 3. The fraction of sp³-hybridized carbons (Fsp3) is 0.600. The second-order valence-corrected chi connectivity index (χ2v) is 8.36. The maximum atomic E-state index is 12.5. The third-order valence-electron chi connectivity index (χ3n) is 3.03. The summed E-state index contributed by atoms with van der Waals surface area (Å²) in [5.41, 5.74) is 0.528. The largest absolute Gasteiger partial charge is 0.388 e. The molecule has 0 aliphatic rings. The number of nitrogens with zero attached hydrogens (tertiary/aromatic N) is 1. The van der Waals surface area contributed by atoms with Gasteiger partial charge in [0, 0.05) is 13.6 Å². The lowest BCUT2D eigenvalue weighted by molar-refractivity contribution is 0.173. The Morgan fingerprint density at radius 3 is 2.40 bits per heavy atom. The Balaban J connectivity index is 3.10. The van der Waals surface area contributed by atoms with E-state index in [0.717, 1.165) is 0 Å². The molecular formula is C15H25NO3S. The van der Waals surface area contributed by atoms with Crippen LogP contribution in [0.1, 0.15) is 45.8 Å². The van der Waals surface area contributed by atoms with Gasteiger partial charge in [-0.2, -0.15) is 0 Å². The van der Waals surface area contributed by atoms with Crippen LogP contribution in [0, 0.1) is 5.41 Å². The molecule has 0 heterocycles. The van der Waals surface area contributed by atoms with Crippen molar-refractivity contribution in [3.05, 3.63) is 29.8 Å². The Labute approximate surface area is 122 Å². The first kappa shape index (κ1) is 17.1. The zero-order valence-electron chi connectivity index (χ0n) is 12.9. The number of benzene rings is 1. The molecule has 0 bridgehead atoms. The van der Waals surface area contributed by atoms with Crippen molar-refractivity contribution >= 4 is 10.0 Å². The van der Waals surface area contributed by atoms with Gasteiger partial charge in [-0.3, -0.25) is 0 Å². The maximum absolute atomic E-state index is 12.5. The van der Waals surface area contributed by atoms with Gasteiger partial charge in [0.05, 0.1) is 11.0 Å². The minimum atomic E-state index is -3.51. The van der Waals surface area contributed by atoms with Gasteiger partial charge in [0.2, 0.25) is 10.0 Å². The second-order valence-electron chi connectivity index (χ2n) is 6.32. The van der Waals surface area contributed by atoms with Crippen LogP contribution in [-0.2, 0) is 10.0 Å². The van der Waals surface area contributed by atoms with E-state index in [2.05, 4.69) is 0 Å². The highest BCUT2D eigenvalue weighted by Crippen LogP contribution is 2.24. The van der Waals surface area contributed by atoms with Crippen LogP contribution >= 0.6 is 0 Å². The van der Waals surface area contributed by atoms with Crippen molar-refractivity contribution < 1.29 is 13.5 Å². The minimum absolute atomic E-state index is 0.109. The van der Waals surface area contributed by atoms with Gasteiger partial charge in [-0.05, 0) is 29.5 Å². The molecule has 0 saturated carbocycles. The van der Waals surface area contributed by atoms with Crippen molar-refractivity contribution in [2.45, 2.75) is 45.1 Å². The fourth-order valence-electron chi connectivity index (χ4n) is 2.05. The number of rotatable bonds is 5. The van der Waals surface area contributed by atoms with Crippen molar-refractivity contribution in [1.82, 2.24) is 4.31 Å². The summed E-state index contributed by atoms with van der Waals surface area (Å²) < 4.78 is 26.4. The van der Waals surface area contributed by atoms with Gasteiger partial charge < -0.3 is 5.11 Å². The Hall–Kier alpha value is -0.910. The van der Waals surface area contributed by atoms with Crippen LogP contribution in [0.2, 0.25) is 0 Å². The lowest BCUT2D eigenvalue weighted by Gasteiger charge is -2.26. The van der Waals surface area contributed by atoms with Gasteiger partial charge in [0.15, 0.2) is 0 Å². The quantitative estimate of drug-likeness (QED) is 0.909. The molecule has 0 radical (unpaired) electrons. The molecule has 0 spiro atoms. The molecule has 0 aromatic heterocycles. The minimum Gasteiger partial charge on any atom is -0.388 e. The summed E-state index contributed by atoms with van der Waals surface area (Å²) in [5, 5.41) is 9.84. The highest BCUT2D eigenvalue weighted by Gasteiger charge is 2.25. The fourth-order valence-corrected chi connectivity index (χ4v) is 3.50. The van der Waals surface area contributed by atoms with Crippen molar-refractivity contribution in [2.75, 3.05) is 13.6 Å². The molecule has 0 fully saturated rings. The molecule has 0 saturated heterocycles. The summed E-state index contributed by atoms with van der Waals surface area (Å²) in [6.45, 7) is 8.29. The molecule has 1 atom stereocenters. The standard InChI is InChI=1S/C15H25NO3S/c1-6-14(17)12-8-7-9-13(10-12)20(18,19)16(5)11-15(2,3)4/h7-10,14,17H,6,11H2,1-5H3. The van der Waals surface area contributed by atoms with Gasteiger partial charge in [0.1, 0.15) is 0 Å². The van der Waals surface area contributed by atoms with Crippen LogP contribution in [0.25, 0.3) is 0 Å². The Bertz CT molecular complexity index is 546. The number of sulfonamides is 1. The first-order valence-corrected chi connectivity index (χ1v) is 8.26. The van der Waals surface area contributed by atoms with Crippen molar-refractivity contribution in [3.8, 4) is 0 Å². The third kappa shape index (κ3) is 4.30. The van der Waals surface area contributed by atoms with Crippen molar-refractivity contribution in [1.29, 1.82) is 0 Å². The van der Waals surface area contributed by atoms with Crippen LogP contribution < -0.4 is 0 Å². The monoisotopic (exact) mass is 299 g/mol. The van der Waals surface area contributed by atoms with E-state index < -0.39 is 16.1 Å². The molecule has 20 heavy (non-hydrogen) atoms. The van der Waals surface area contributed by atoms with E-state index in [9.17, 15) is 13.5 Å². The molecule has 1 aromatic rings.